The fourth-order valence-corrected chi connectivity index (χ4v) is 2.45. The molecule has 1 aromatic carbocycles. The van der Waals surface area contributed by atoms with Gasteiger partial charge in [-0.05, 0) is 23.8 Å². The molecule has 0 spiro atoms. The third-order valence-electron chi connectivity index (χ3n) is 3.20. The lowest BCUT2D eigenvalue weighted by Gasteiger charge is -2.26. The van der Waals surface area contributed by atoms with Crippen molar-refractivity contribution >= 4 is 21.8 Å². The van der Waals surface area contributed by atoms with Crippen LogP contribution in [0.15, 0.2) is 22.7 Å². The molecule has 110 valence electrons. The molecule has 0 saturated carbocycles. The molecule has 0 aromatic heterocycles. The van der Waals surface area contributed by atoms with Crippen LogP contribution in [0.25, 0.3) is 0 Å². The average Bonchev–Trinajstić information content (AvgIpc) is 2.47. The minimum atomic E-state index is -0.255. The van der Waals surface area contributed by atoms with Crippen LogP contribution in [0.1, 0.15) is 12.0 Å². The van der Waals surface area contributed by atoms with E-state index in [1.54, 1.807) is 6.07 Å². The molecule has 1 saturated heterocycles. The Balaban J connectivity index is 1.70. The summed E-state index contributed by atoms with van der Waals surface area (Å²) in [5.74, 6) is -0.117. The Labute approximate surface area is 126 Å². The first kappa shape index (κ1) is 15.4. The summed E-state index contributed by atoms with van der Waals surface area (Å²) in [5.41, 5.74) is 0.851. The van der Waals surface area contributed by atoms with Crippen molar-refractivity contribution in [1.82, 2.24) is 10.2 Å². The van der Waals surface area contributed by atoms with E-state index in [2.05, 4.69) is 21.2 Å². The normalized spacial score (nSPS) is 15.4. The maximum Gasteiger partial charge on any atom is 0.224 e. The Morgan fingerprint density at radius 3 is 2.90 bits per heavy atom. The molecular weight excluding hydrogens is 327 g/mol. The number of carbonyl (C=O) groups excluding carboxylic acids is 1. The van der Waals surface area contributed by atoms with Gasteiger partial charge < -0.3 is 15.0 Å². The number of amides is 1. The number of hydrogen-bond donors (Lipinski definition) is 1. The predicted octanol–water partition coefficient (Wildman–Crippen LogP) is 1.93. The molecule has 0 unspecified atom stereocenters. The lowest BCUT2D eigenvalue weighted by molar-refractivity contribution is -0.135. The van der Waals surface area contributed by atoms with E-state index < -0.39 is 0 Å². The Kier molecular flexibility index (Phi) is 5.94. The van der Waals surface area contributed by atoms with E-state index in [0.29, 0.717) is 45.8 Å². The Morgan fingerprint density at radius 1 is 1.40 bits per heavy atom. The summed E-state index contributed by atoms with van der Waals surface area (Å²) in [6, 6.07) is 4.58. The predicted molar refractivity (Wildman–Crippen MR) is 77.8 cm³/mol. The number of hydrogen-bond acceptors (Lipinski definition) is 3. The minimum absolute atomic E-state index is 0.138. The first-order valence-electron chi connectivity index (χ1n) is 6.67. The molecule has 0 aliphatic carbocycles. The summed E-state index contributed by atoms with van der Waals surface area (Å²) in [5, 5.41) is 3.16. The zero-order chi connectivity index (χ0) is 14.4. The van der Waals surface area contributed by atoms with Crippen LogP contribution in [-0.2, 0) is 16.1 Å². The zero-order valence-electron chi connectivity index (χ0n) is 11.2. The van der Waals surface area contributed by atoms with Crippen LogP contribution in [0.5, 0.6) is 0 Å². The molecule has 0 atom stereocenters. The van der Waals surface area contributed by atoms with E-state index in [1.165, 1.54) is 12.1 Å². The maximum absolute atomic E-state index is 13.1. The zero-order valence-corrected chi connectivity index (χ0v) is 12.8. The largest absolute Gasteiger partial charge is 0.378 e. The lowest BCUT2D eigenvalue weighted by Crippen LogP contribution is -2.41. The molecule has 1 N–H and O–H groups in total. The van der Waals surface area contributed by atoms with Crippen molar-refractivity contribution in [2.75, 3.05) is 32.8 Å². The molecule has 20 heavy (non-hydrogen) atoms. The smallest absolute Gasteiger partial charge is 0.224 e. The third-order valence-corrected chi connectivity index (χ3v) is 3.98. The van der Waals surface area contributed by atoms with Gasteiger partial charge in [0.05, 0.1) is 13.2 Å². The van der Waals surface area contributed by atoms with Gasteiger partial charge in [0, 0.05) is 37.1 Å². The molecule has 1 fully saturated rings. The molecule has 4 nitrogen and oxygen atoms in total. The van der Waals surface area contributed by atoms with Crippen molar-refractivity contribution in [3.05, 3.63) is 34.1 Å². The second-order valence-electron chi connectivity index (χ2n) is 4.66. The van der Waals surface area contributed by atoms with E-state index in [1.807, 2.05) is 4.90 Å². The second-order valence-corrected chi connectivity index (χ2v) is 5.51. The highest BCUT2D eigenvalue weighted by atomic mass is 79.9. The number of carbonyl (C=O) groups is 1. The molecule has 1 aliphatic rings. The Bertz CT molecular complexity index is 464. The van der Waals surface area contributed by atoms with Crippen LogP contribution in [0.4, 0.5) is 4.39 Å². The number of morpholine rings is 1. The molecule has 1 aliphatic heterocycles. The molecule has 2 rings (SSSR count). The Morgan fingerprint density at radius 2 is 2.15 bits per heavy atom. The van der Waals surface area contributed by atoms with Crippen molar-refractivity contribution in [2.45, 2.75) is 13.0 Å². The molecule has 1 amide bonds. The van der Waals surface area contributed by atoms with E-state index in [4.69, 9.17) is 4.74 Å². The maximum atomic E-state index is 13.1. The first-order valence-corrected chi connectivity index (χ1v) is 7.46. The van der Waals surface area contributed by atoms with Crippen molar-refractivity contribution in [3.63, 3.8) is 0 Å². The van der Waals surface area contributed by atoms with Crippen molar-refractivity contribution < 1.29 is 13.9 Å². The van der Waals surface area contributed by atoms with E-state index in [-0.39, 0.29) is 11.7 Å². The van der Waals surface area contributed by atoms with E-state index in [0.717, 1.165) is 10.0 Å². The summed E-state index contributed by atoms with van der Waals surface area (Å²) in [6.45, 7) is 3.71. The molecular formula is C14H18BrFN2O2. The van der Waals surface area contributed by atoms with Gasteiger partial charge in [-0.1, -0.05) is 15.9 Å². The summed E-state index contributed by atoms with van der Waals surface area (Å²) >= 11 is 3.38. The van der Waals surface area contributed by atoms with E-state index in [9.17, 15) is 9.18 Å². The van der Waals surface area contributed by atoms with Crippen LogP contribution < -0.4 is 5.32 Å². The van der Waals surface area contributed by atoms with Gasteiger partial charge in [-0.15, -0.1) is 0 Å². The molecule has 6 heteroatoms. The highest BCUT2D eigenvalue weighted by molar-refractivity contribution is 9.10. The number of halogens is 2. The van der Waals surface area contributed by atoms with Gasteiger partial charge in [0.2, 0.25) is 5.91 Å². The summed E-state index contributed by atoms with van der Waals surface area (Å²) in [6.07, 6.45) is 0.451. The Hall–Kier alpha value is -0.980. The van der Waals surface area contributed by atoms with Gasteiger partial charge in [0.15, 0.2) is 0 Å². The van der Waals surface area contributed by atoms with Crippen LogP contribution in [0.2, 0.25) is 0 Å². The summed E-state index contributed by atoms with van der Waals surface area (Å²) in [4.78, 5) is 13.7. The molecule has 0 radical (unpaired) electrons. The van der Waals surface area contributed by atoms with Gasteiger partial charge in [-0.3, -0.25) is 4.79 Å². The van der Waals surface area contributed by atoms with Crippen LogP contribution in [0.3, 0.4) is 0 Å². The fraction of sp³-hybridized carbons (Fsp3) is 0.500. The molecule has 1 heterocycles. The number of benzene rings is 1. The van der Waals surface area contributed by atoms with Gasteiger partial charge >= 0.3 is 0 Å². The topological polar surface area (TPSA) is 41.6 Å². The SMILES string of the molecule is O=C(CCNCc1cc(F)ccc1Br)N1CCOCC1. The highest BCUT2D eigenvalue weighted by Crippen LogP contribution is 2.17. The minimum Gasteiger partial charge on any atom is -0.378 e. The number of ether oxygens (including phenoxy) is 1. The summed E-state index contributed by atoms with van der Waals surface area (Å²) < 4.78 is 19.2. The van der Waals surface area contributed by atoms with Crippen LogP contribution >= 0.6 is 15.9 Å². The van der Waals surface area contributed by atoms with Gasteiger partial charge in [0.25, 0.3) is 0 Å². The van der Waals surface area contributed by atoms with Crippen molar-refractivity contribution in [3.8, 4) is 0 Å². The van der Waals surface area contributed by atoms with E-state index >= 15 is 0 Å². The van der Waals surface area contributed by atoms with Crippen LogP contribution in [-0.4, -0.2) is 43.7 Å². The highest BCUT2D eigenvalue weighted by Gasteiger charge is 2.15. The third kappa shape index (κ3) is 4.54. The van der Waals surface area contributed by atoms with Crippen molar-refractivity contribution in [1.29, 1.82) is 0 Å². The monoisotopic (exact) mass is 344 g/mol. The quantitative estimate of drug-likeness (QED) is 0.830. The number of nitrogens with one attached hydrogen (secondary N) is 1. The summed E-state index contributed by atoms with van der Waals surface area (Å²) in [7, 11) is 0. The van der Waals surface area contributed by atoms with Crippen molar-refractivity contribution in [2.24, 2.45) is 0 Å². The molecule has 0 bridgehead atoms. The van der Waals surface area contributed by atoms with Gasteiger partial charge in [-0.2, -0.15) is 0 Å². The second kappa shape index (κ2) is 7.71. The van der Waals surface area contributed by atoms with Crippen LogP contribution in [0, 0.1) is 5.82 Å². The lowest BCUT2D eigenvalue weighted by atomic mass is 10.2. The van der Waals surface area contributed by atoms with Gasteiger partial charge in [0.1, 0.15) is 5.82 Å². The average molecular weight is 345 g/mol. The fourth-order valence-electron chi connectivity index (χ4n) is 2.07. The van der Waals surface area contributed by atoms with Gasteiger partial charge in [-0.25, -0.2) is 4.39 Å². The number of rotatable bonds is 5. The molecule has 1 aromatic rings. The number of nitrogens with zero attached hydrogens (tertiary/aromatic N) is 1. The first-order chi connectivity index (χ1) is 9.66. The standard InChI is InChI=1S/C14H18BrFN2O2/c15-13-2-1-12(16)9-11(13)10-17-4-3-14(19)18-5-7-20-8-6-18/h1-2,9,17H,3-8,10H2.